The molecule has 0 atom stereocenters. The Labute approximate surface area is 77.6 Å². The van der Waals surface area contributed by atoms with Crippen LogP contribution < -0.4 is 5.73 Å². The van der Waals surface area contributed by atoms with Gasteiger partial charge in [-0.1, -0.05) is 19.9 Å². The summed E-state index contributed by atoms with van der Waals surface area (Å²) in [4.78, 5) is 4.19. The minimum absolute atomic E-state index is 0.601. The normalized spacial score (nSPS) is 10.6. The molecule has 1 aromatic heterocycles. The molecule has 0 fully saturated rings. The highest BCUT2D eigenvalue weighted by molar-refractivity contribution is 7.99. The van der Waals surface area contributed by atoms with Crippen molar-refractivity contribution >= 4 is 17.6 Å². The molecule has 0 unspecified atom stereocenters. The number of anilines is 1. The molecule has 0 bridgehead atoms. The fourth-order valence-electron chi connectivity index (χ4n) is 0.763. The second-order valence-electron chi connectivity index (χ2n) is 3.11. The zero-order valence-corrected chi connectivity index (χ0v) is 8.27. The smallest absolute Gasteiger partial charge is 0.124 e. The number of pyridine rings is 1. The van der Waals surface area contributed by atoms with Gasteiger partial charge in [0.2, 0.25) is 0 Å². The van der Waals surface area contributed by atoms with Gasteiger partial charge in [-0.05, 0) is 18.1 Å². The number of nitrogens with two attached hydrogens (primary N) is 1. The molecule has 0 aromatic carbocycles. The molecule has 1 rings (SSSR count). The van der Waals surface area contributed by atoms with E-state index < -0.39 is 0 Å². The highest BCUT2D eigenvalue weighted by Gasteiger charge is 1.98. The zero-order chi connectivity index (χ0) is 8.97. The SMILES string of the molecule is CC(C)CSc1cccc(N)n1. The van der Waals surface area contributed by atoms with Crippen LogP contribution in [0.1, 0.15) is 13.8 Å². The first kappa shape index (κ1) is 9.39. The summed E-state index contributed by atoms with van der Waals surface area (Å²) in [6.07, 6.45) is 0. The quantitative estimate of drug-likeness (QED) is 0.730. The summed E-state index contributed by atoms with van der Waals surface area (Å²) in [6, 6.07) is 5.73. The van der Waals surface area contributed by atoms with Crippen molar-refractivity contribution in [2.24, 2.45) is 5.92 Å². The van der Waals surface area contributed by atoms with Gasteiger partial charge in [-0.25, -0.2) is 4.98 Å². The standard InChI is InChI=1S/C9H14N2S/c1-7(2)6-12-9-5-3-4-8(10)11-9/h3-5,7H,6H2,1-2H3,(H2,10,11). The van der Waals surface area contributed by atoms with Crippen molar-refractivity contribution in [3.63, 3.8) is 0 Å². The first-order valence-electron chi connectivity index (χ1n) is 4.04. The highest BCUT2D eigenvalue weighted by atomic mass is 32.2. The summed E-state index contributed by atoms with van der Waals surface area (Å²) in [5, 5.41) is 1.02. The minimum Gasteiger partial charge on any atom is -0.384 e. The summed E-state index contributed by atoms with van der Waals surface area (Å²) in [5.74, 6) is 2.39. The first-order valence-corrected chi connectivity index (χ1v) is 5.02. The largest absolute Gasteiger partial charge is 0.384 e. The van der Waals surface area contributed by atoms with Gasteiger partial charge in [0.1, 0.15) is 5.82 Å². The van der Waals surface area contributed by atoms with Crippen molar-refractivity contribution in [2.75, 3.05) is 11.5 Å². The molecule has 0 amide bonds. The Bertz CT molecular complexity index is 248. The van der Waals surface area contributed by atoms with Crippen LogP contribution in [0, 0.1) is 5.92 Å². The van der Waals surface area contributed by atoms with E-state index >= 15 is 0 Å². The van der Waals surface area contributed by atoms with E-state index in [0.717, 1.165) is 10.8 Å². The molecule has 2 nitrogen and oxygen atoms in total. The molecule has 3 heteroatoms. The lowest BCUT2D eigenvalue weighted by Gasteiger charge is -2.03. The van der Waals surface area contributed by atoms with E-state index in [9.17, 15) is 0 Å². The fourth-order valence-corrected chi connectivity index (χ4v) is 1.61. The average Bonchev–Trinajstić information content (AvgIpc) is 2.01. The van der Waals surface area contributed by atoms with Gasteiger partial charge in [0.05, 0.1) is 5.03 Å². The molecule has 0 radical (unpaired) electrons. The third kappa shape index (κ3) is 3.13. The molecule has 0 saturated carbocycles. The maximum atomic E-state index is 5.54. The molecule has 1 heterocycles. The topological polar surface area (TPSA) is 38.9 Å². The Morgan fingerprint density at radius 3 is 2.83 bits per heavy atom. The Morgan fingerprint density at radius 1 is 1.50 bits per heavy atom. The van der Waals surface area contributed by atoms with Gasteiger partial charge in [-0.2, -0.15) is 0 Å². The number of thioether (sulfide) groups is 1. The Balaban J connectivity index is 2.52. The number of rotatable bonds is 3. The first-order chi connectivity index (χ1) is 5.68. The van der Waals surface area contributed by atoms with Crippen LogP contribution in [-0.4, -0.2) is 10.7 Å². The van der Waals surface area contributed by atoms with E-state index in [1.54, 1.807) is 17.8 Å². The maximum Gasteiger partial charge on any atom is 0.124 e. The average molecular weight is 182 g/mol. The summed E-state index contributed by atoms with van der Waals surface area (Å²) in [7, 11) is 0. The molecular formula is C9H14N2S. The van der Waals surface area contributed by atoms with E-state index in [1.807, 2.05) is 12.1 Å². The van der Waals surface area contributed by atoms with Crippen LogP contribution in [0.2, 0.25) is 0 Å². The van der Waals surface area contributed by atoms with Crippen molar-refractivity contribution in [1.82, 2.24) is 4.98 Å². The zero-order valence-electron chi connectivity index (χ0n) is 7.45. The fraction of sp³-hybridized carbons (Fsp3) is 0.444. The van der Waals surface area contributed by atoms with Crippen molar-refractivity contribution in [3.8, 4) is 0 Å². The monoisotopic (exact) mass is 182 g/mol. The second-order valence-corrected chi connectivity index (χ2v) is 4.15. The van der Waals surface area contributed by atoms with Gasteiger partial charge in [0, 0.05) is 5.75 Å². The van der Waals surface area contributed by atoms with Gasteiger partial charge in [-0.3, -0.25) is 0 Å². The van der Waals surface area contributed by atoms with E-state index in [1.165, 1.54) is 0 Å². The number of hydrogen-bond donors (Lipinski definition) is 1. The molecule has 66 valence electrons. The Hall–Kier alpha value is -0.700. The van der Waals surface area contributed by atoms with Crippen LogP contribution in [0.25, 0.3) is 0 Å². The lowest BCUT2D eigenvalue weighted by molar-refractivity contribution is 0.749. The third-order valence-electron chi connectivity index (χ3n) is 1.31. The van der Waals surface area contributed by atoms with Gasteiger partial charge < -0.3 is 5.73 Å². The predicted molar refractivity (Wildman–Crippen MR) is 54.2 cm³/mol. The van der Waals surface area contributed by atoms with Crippen molar-refractivity contribution in [3.05, 3.63) is 18.2 Å². The summed E-state index contributed by atoms with van der Waals surface area (Å²) in [6.45, 7) is 4.39. The molecule has 0 aliphatic heterocycles. The van der Waals surface area contributed by atoms with Crippen LogP contribution in [0.3, 0.4) is 0 Å². The van der Waals surface area contributed by atoms with Gasteiger partial charge in [-0.15, -0.1) is 11.8 Å². The predicted octanol–water partition coefficient (Wildman–Crippen LogP) is 2.41. The molecule has 12 heavy (non-hydrogen) atoms. The van der Waals surface area contributed by atoms with E-state index in [4.69, 9.17) is 5.73 Å². The highest BCUT2D eigenvalue weighted by Crippen LogP contribution is 2.18. The molecule has 0 spiro atoms. The van der Waals surface area contributed by atoms with E-state index in [-0.39, 0.29) is 0 Å². The van der Waals surface area contributed by atoms with Crippen molar-refractivity contribution in [2.45, 2.75) is 18.9 Å². The number of hydrogen-bond acceptors (Lipinski definition) is 3. The molecular weight excluding hydrogens is 168 g/mol. The van der Waals surface area contributed by atoms with Crippen LogP contribution in [0.15, 0.2) is 23.2 Å². The van der Waals surface area contributed by atoms with Crippen LogP contribution >= 0.6 is 11.8 Å². The summed E-state index contributed by atoms with van der Waals surface area (Å²) < 4.78 is 0. The van der Waals surface area contributed by atoms with Gasteiger partial charge in [0.25, 0.3) is 0 Å². The Kier molecular flexibility index (Phi) is 3.41. The van der Waals surface area contributed by atoms with Crippen LogP contribution in [0.4, 0.5) is 5.82 Å². The molecule has 0 aliphatic carbocycles. The number of aromatic nitrogens is 1. The van der Waals surface area contributed by atoms with E-state index in [0.29, 0.717) is 11.7 Å². The molecule has 0 saturated heterocycles. The molecule has 2 N–H and O–H groups in total. The van der Waals surface area contributed by atoms with Crippen molar-refractivity contribution < 1.29 is 0 Å². The van der Waals surface area contributed by atoms with E-state index in [2.05, 4.69) is 18.8 Å². The van der Waals surface area contributed by atoms with Crippen LogP contribution in [0.5, 0.6) is 0 Å². The summed E-state index contributed by atoms with van der Waals surface area (Å²) >= 11 is 1.75. The van der Waals surface area contributed by atoms with Gasteiger partial charge >= 0.3 is 0 Å². The Morgan fingerprint density at radius 2 is 2.25 bits per heavy atom. The molecule has 0 aliphatic rings. The number of nitrogens with zero attached hydrogens (tertiary/aromatic N) is 1. The van der Waals surface area contributed by atoms with Gasteiger partial charge in [0.15, 0.2) is 0 Å². The minimum atomic E-state index is 0.601. The third-order valence-corrected chi connectivity index (χ3v) is 2.67. The van der Waals surface area contributed by atoms with Crippen molar-refractivity contribution in [1.29, 1.82) is 0 Å². The lowest BCUT2D eigenvalue weighted by Crippen LogP contribution is -1.94. The number of nitrogen functional groups attached to an aromatic ring is 1. The summed E-state index contributed by atoms with van der Waals surface area (Å²) in [5.41, 5.74) is 5.54. The lowest BCUT2D eigenvalue weighted by atomic mass is 10.3. The maximum absolute atomic E-state index is 5.54. The van der Waals surface area contributed by atoms with Crippen LogP contribution in [-0.2, 0) is 0 Å². The second kappa shape index (κ2) is 4.36. The molecule has 1 aromatic rings.